The number of ether oxygens (including phenoxy) is 2. The van der Waals surface area contributed by atoms with Crippen LogP contribution in [-0.2, 0) is 16.0 Å². The molecule has 3 rings (SSSR count). The summed E-state index contributed by atoms with van der Waals surface area (Å²) in [6.45, 7) is 1.69. The summed E-state index contributed by atoms with van der Waals surface area (Å²) in [4.78, 5) is 0. The third kappa shape index (κ3) is 2.72. The van der Waals surface area contributed by atoms with Crippen molar-refractivity contribution >= 4 is 17.3 Å². The van der Waals surface area contributed by atoms with Gasteiger partial charge in [0.05, 0.1) is 13.2 Å². The molecule has 0 bridgehead atoms. The molecule has 1 saturated heterocycles. The van der Waals surface area contributed by atoms with E-state index >= 15 is 0 Å². The number of tetrazole rings is 1. The van der Waals surface area contributed by atoms with Gasteiger partial charge < -0.3 is 15.2 Å². The standard InChI is InChI=1S/C13H16ClN5O2/c1-20-13(4-5-21-8-13)7-19-12(16-17-18-19)10-6-9(14)2-3-11(10)15/h2-3,6H,4-5,7-8,15H2,1H3. The second kappa shape index (κ2) is 5.59. The van der Waals surface area contributed by atoms with Crippen LogP contribution in [0.1, 0.15) is 6.42 Å². The lowest BCUT2D eigenvalue weighted by Crippen LogP contribution is -2.37. The number of benzene rings is 1. The number of hydrogen-bond donors (Lipinski definition) is 1. The van der Waals surface area contributed by atoms with Crippen LogP contribution >= 0.6 is 11.6 Å². The maximum atomic E-state index is 6.03. The molecule has 0 aliphatic carbocycles. The number of anilines is 1. The summed E-state index contributed by atoms with van der Waals surface area (Å²) in [6, 6.07) is 5.22. The van der Waals surface area contributed by atoms with E-state index < -0.39 is 5.60 Å². The fourth-order valence-corrected chi connectivity index (χ4v) is 2.61. The molecule has 1 aromatic carbocycles. The van der Waals surface area contributed by atoms with Crippen LogP contribution in [0.2, 0.25) is 5.02 Å². The molecule has 1 aliphatic rings. The lowest BCUT2D eigenvalue weighted by Gasteiger charge is -2.25. The fraction of sp³-hybridized carbons (Fsp3) is 0.462. The van der Waals surface area contributed by atoms with Crippen LogP contribution in [-0.4, -0.2) is 46.1 Å². The van der Waals surface area contributed by atoms with Crippen molar-refractivity contribution < 1.29 is 9.47 Å². The summed E-state index contributed by atoms with van der Waals surface area (Å²) in [6.07, 6.45) is 0.799. The van der Waals surface area contributed by atoms with Crippen LogP contribution in [0.4, 0.5) is 5.69 Å². The van der Waals surface area contributed by atoms with E-state index in [1.165, 1.54) is 0 Å². The lowest BCUT2D eigenvalue weighted by atomic mass is 10.0. The Bertz CT molecular complexity index is 639. The normalized spacial score (nSPS) is 21.8. The predicted octanol–water partition coefficient (Wildman–Crippen LogP) is 1.38. The molecule has 0 spiro atoms. The molecule has 1 atom stereocenters. The Balaban J connectivity index is 1.96. The molecule has 8 heteroatoms. The second-order valence-corrected chi connectivity index (χ2v) is 5.52. The number of nitrogen functional groups attached to an aromatic ring is 1. The number of halogens is 1. The molecule has 1 fully saturated rings. The molecule has 2 aromatic rings. The first kappa shape index (κ1) is 14.2. The van der Waals surface area contributed by atoms with Crippen molar-refractivity contribution in [3.05, 3.63) is 23.2 Å². The SMILES string of the molecule is COC1(Cn2nnnc2-c2cc(Cl)ccc2N)CCOC1. The zero-order valence-corrected chi connectivity index (χ0v) is 12.4. The van der Waals surface area contributed by atoms with Crippen molar-refractivity contribution in [1.29, 1.82) is 0 Å². The summed E-state index contributed by atoms with van der Waals surface area (Å²) in [5.41, 5.74) is 6.87. The quantitative estimate of drug-likeness (QED) is 0.858. The minimum absolute atomic E-state index is 0.405. The number of nitrogens with zero attached hydrogens (tertiary/aromatic N) is 4. The number of hydrogen-bond acceptors (Lipinski definition) is 6. The van der Waals surface area contributed by atoms with E-state index in [-0.39, 0.29) is 0 Å². The zero-order chi connectivity index (χ0) is 14.9. The number of nitrogens with two attached hydrogens (primary N) is 1. The maximum Gasteiger partial charge on any atom is 0.184 e. The molecular weight excluding hydrogens is 294 g/mol. The molecule has 2 heterocycles. The third-order valence-electron chi connectivity index (χ3n) is 3.73. The van der Waals surface area contributed by atoms with Crippen LogP contribution in [0.3, 0.4) is 0 Å². The summed E-state index contributed by atoms with van der Waals surface area (Å²) in [7, 11) is 1.67. The van der Waals surface area contributed by atoms with Gasteiger partial charge in [-0.2, -0.15) is 0 Å². The Hall–Kier alpha value is -1.70. The molecule has 7 nitrogen and oxygen atoms in total. The fourth-order valence-electron chi connectivity index (χ4n) is 2.44. The van der Waals surface area contributed by atoms with Crippen molar-refractivity contribution in [2.24, 2.45) is 0 Å². The van der Waals surface area contributed by atoms with Gasteiger partial charge in [-0.3, -0.25) is 0 Å². The highest BCUT2D eigenvalue weighted by atomic mass is 35.5. The third-order valence-corrected chi connectivity index (χ3v) is 3.96. The largest absolute Gasteiger partial charge is 0.398 e. The molecule has 0 saturated carbocycles. The van der Waals surface area contributed by atoms with Crippen molar-refractivity contribution in [2.45, 2.75) is 18.6 Å². The van der Waals surface area contributed by atoms with E-state index in [2.05, 4.69) is 15.5 Å². The van der Waals surface area contributed by atoms with Crippen molar-refractivity contribution in [3.63, 3.8) is 0 Å². The topological polar surface area (TPSA) is 88.1 Å². The molecule has 1 aliphatic heterocycles. The second-order valence-electron chi connectivity index (χ2n) is 5.08. The Morgan fingerprint density at radius 3 is 3.10 bits per heavy atom. The van der Waals surface area contributed by atoms with Crippen LogP contribution in [0.5, 0.6) is 0 Å². The van der Waals surface area contributed by atoms with Gasteiger partial charge in [0.15, 0.2) is 5.82 Å². The lowest BCUT2D eigenvalue weighted by molar-refractivity contribution is -0.0317. The average Bonchev–Trinajstić information content (AvgIpc) is 3.12. The average molecular weight is 310 g/mol. The highest BCUT2D eigenvalue weighted by Crippen LogP contribution is 2.30. The molecular formula is C13H16ClN5O2. The van der Waals surface area contributed by atoms with Gasteiger partial charge in [-0.25, -0.2) is 4.68 Å². The van der Waals surface area contributed by atoms with Crippen LogP contribution in [0, 0.1) is 0 Å². The Morgan fingerprint density at radius 1 is 1.52 bits per heavy atom. The summed E-state index contributed by atoms with van der Waals surface area (Å²) in [5, 5.41) is 12.4. The van der Waals surface area contributed by atoms with Crippen molar-refractivity contribution in [1.82, 2.24) is 20.2 Å². The van der Waals surface area contributed by atoms with Gasteiger partial charge in [0, 0.05) is 36.4 Å². The van der Waals surface area contributed by atoms with Crippen molar-refractivity contribution in [2.75, 3.05) is 26.1 Å². The monoisotopic (exact) mass is 309 g/mol. The molecule has 0 radical (unpaired) electrons. The first-order valence-electron chi connectivity index (χ1n) is 6.58. The number of rotatable bonds is 4. The van der Waals surface area contributed by atoms with Gasteiger partial charge in [0.1, 0.15) is 5.60 Å². The smallest absolute Gasteiger partial charge is 0.184 e. The van der Waals surface area contributed by atoms with Gasteiger partial charge in [-0.05, 0) is 28.6 Å². The van der Waals surface area contributed by atoms with E-state index in [0.717, 1.165) is 6.42 Å². The van der Waals surface area contributed by atoms with Crippen LogP contribution < -0.4 is 5.73 Å². The molecule has 112 valence electrons. The molecule has 1 unspecified atom stereocenters. The maximum absolute atomic E-state index is 6.03. The van der Waals surface area contributed by atoms with Crippen LogP contribution in [0.15, 0.2) is 18.2 Å². The first-order chi connectivity index (χ1) is 10.1. The summed E-state index contributed by atoms with van der Waals surface area (Å²) < 4.78 is 12.7. The number of aromatic nitrogens is 4. The Labute approximate surface area is 127 Å². The van der Waals surface area contributed by atoms with E-state index in [1.807, 2.05) is 0 Å². The first-order valence-corrected chi connectivity index (χ1v) is 6.96. The van der Waals surface area contributed by atoms with Crippen LogP contribution in [0.25, 0.3) is 11.4 Å². The van der Waals surface area contributed by atoms with E-state index in [1.54, 1.807) is 30.0 Å². The van der Waals surface area contributed by atoms with Gasteiger partial charge in [0.25, 0.3) is 0 Å². The Morgan fingerprint density at radius 2 is 2.38 bits per heavy atom. The van der Waals surface area contributed by atoms with Gasteiger partial charge in [-0.15, -0.1) is 5.10 Å². The summed E-state index contributed by atoms with van der Waals surface area (Å²) in [5.74, 6) is 0.568. The highest BCUT2D eigenvalue weighted by Gasteiger charge is 2.36. The van der Waals surface area contributed by atoms with Gasteiger partial charge in [-0.1, -0.05) is 11.6 Å². The summed E-state index contributed by atoms with van der Waals surface area (Å²) >= 11 is 6.03. The highest BCUT2D eigenvalue weighted by molar-refractivity contribution is 6.31. The molecule has 2 N–H and O–H groups in total. The minimum atomic E-state index is -0.405. The molecule has 21 heavy (non-hydrogen) atoms. The van der Waals surface area contributed by atoms with E-state index in [9.17, 15) is 0 Å². The Kier molecular flexibility index (Phi) is 3.79. The molecule has 1 aromatic heterocycles. The number of methoxy groups -OCH3 is 1. The van der Waals surface area contributed by atoms with E-state index in [0.29, 0.717) is 41.9 Å². The van der Waals surface area contributed by atoms with Crippen molar-refractivity contribution in [3.8, 4) is 11.4 Å². The predicted molar refractivity (Wildman–Crippen MR) is 77.9 cm³/mol. The van der Waals surface area contributed by atoms with Gasteiger partial charge in [0.2, 0.25) is 0 Å². The minimum Gasteiger partial charge on any atom is -0.398 e. The molecule has 0 amide bonds. The van der Waals surface area contributed by atoms with E-state index in [4.69, 9.17) is 26.8 Å². The van der Waals surface area contributed by atoms with Gasteiger partial charge >= 0.3 is 0 Å². The zero-order valence-electron chi connectivity index (χ0n) is 11.6.